The molecule has 21 heavy (non-hydrogen) atoms. The van der Waals surface area contributed by atoms with Gasteiger partial charge in [-0.15, -0.1) is 0 Å². The highest BCUT2D eigenvalue weighted by Crippen LogP contribution is 2.28. The van der Waals surface area contributed by atoms with Crippen molar-refractivity contribution in [1.29, 1.82) is 0 Å². The molecule has 0 fully saturated rings. The first kappa shape index (κ1) is 13.5. The summed E-state index contributed by atoms with van der Waals surface area (Å²) < 4.78 is 5.87. The quantitative estimate of drug-likeness (QED) is 0.905. The fourth-order valence-corrected chi connectivity index (χ4v) is 2.59. The van der Waals surface area contributed by atoms with Gasteiger partial charge in [0, 0.05) is 12.1 Å². The van der Waals surface area contributed by atoms with Gasteiger partial charge in [-0.1, -0.05) is 18.2 Å². The van der Waals surface area contributed by atoms with Crippen LogP contribution in [0.2, 0.25) is 0 Å². The number of aryl methyl sites for hydroxylation is 1. The molecular formula is C17H17NO3. The topological polar surface area (TPSA) is 58.6 Å². The number of anilines is 1. The van der Waals surface area contributed by atoms with Gasteiger partial charge >= 0.3 is 5.97 Å². The highest BCUT2D eigenvalue weighted by atomic mass is 16.5. The van der Waals surface area contributed by atoms with Gasteiger partial charge in [0.15, 0.2) is 0 Å². The summed E-state index contributed by atoms with van der Waals surface area (Å²) >= 11 is 0. The van der Waals surface area contributed by atoms with Crippen molar-refractivity contribution in [2.75, 3.05) is 11.9 Å². The monoisotopic (exact) mass is 283 g/mol. The van der Waals surface area contributed by atoms with Crippen LogP contribution < -0.4 is 10.1 Å². The van der Waals surface area contributed by atoms with E-state index in [1.54, 1.807) is 18.2 Å². The van der Waals surface area contributed by atoms with Gasteiger partial charge in [-0.05, 0) is 42.3 Å². The Balaban J connectivity index is 1.63. The molecule has 4 nitrogen and oxygen atoms in total. The molecule has 2 aromatic rings. The van der Waals surface area contributed by atoms with Crippen molar-refractivity contribution in [3.63, 3.8) is 0 Å². The van der Waals surface area contributed by atoms with Crippen molar-refractivity contribution in [3.05, 3.63) is 59.2 Å². The van der Waals surface area contributed by atoms with E-state index in [2.05, 4.69) is 11.4 Å². The number of aromatic carboxylic acids is 1. The van der Waals surface area contributed by atoms with Crippen LogP contribution in [0.3, 0.4) is 0 Å². The zero-order chi connectivity index (χ0) is 14.8. The Kier molecular flexibility index (Phi) is 3.52. The smallest absolute Gasteiger partial charge is 0.335 e. The third kappa shape index (κ3) is 2.84. The van der Waals surface area contributed by atoms with Crippen LogP contribution in [0.1, 0.15) is 21.5 Å². The summed E-state index contributed by atoms with van der Waals surface area (Å²) in [7, 11) is 0. The zero-order valence-corrected chi connectivity index (χ0v) is 11.8. The van der Waals surface area contributed by atoms with Crippen LogP contribution in [0.5, 0.6) is 5.75 Å². The van der Waals surface area contributed by atoms with Gasteiger partial charge < -0.3 is 15.2 Å². The second-order valence-electron chi connectivity index (χ2n) is 5.27. The van der Waals surface area contributed by atoms with Gasteiger partial charge in [0.1, 0.15) is 11.9 Å². The number of benzene rings is 2. The van der Waals surface area contributed by atoms with E-state index in [1.165, 1.54) is 5.56 Å². The van der Waals surface area contributed by atoms with E-state index in [9.17, 15) is 4.79 Å². The summed E-state index contributed by atoms with van der Waals surface area (Å²) in [6, 6.07) is 13.2. The number of ether oxygens (including phenoxy) is 1. The van der Waals surface area contributed by atoms with Gasteiger partial charge in [0.25, 0.3) is 0 Å². The van der Waals surface area contributed by atoms with Crippen LogP contribution in [0.15, 0.2) is 42.5 Å². The number of carboxylic acids is 1. The average molecular weight is 283 g/mol. The normalized spacial score (nSPS) is 16.1. The van der Waals surface area contributed by atoms with Crippen molar-refractivity contribution in [1.82, 2.24) is 0 Å². The predicted molar refractivity (Wildman–Crippen MR) is 81.2 cm³/mol. The molecule has 2 aromatic carbocycles. The number of nitrogens with one attached hydrogen (secondary N) is 1. The maximum Gasteiger partial charge on any atom is 0.335 e. The Morgan fingerprint density at radius 3 is 2.86 bits per heavy atom. The summed E-state index contributed by atoms with van der Waals surface area (Å²) in [5.41, 5.74) is 3.41. The number of para-hydroxylation sites is 1. The van der Waals surface area contributed by atoms with Crippen molar-refractivity contribution in [3.8, 4) is 5.75 Å². The predicted octanol–water partition coefficient (Wildman–Crippen LogP) is 3.11. The van der Waals surface area contributed by atoms with E-state index < -0.39 is 5.97 Å². The molecule has 1 aliphatic heterocycles. The summed E-state index contributed by atoms with van der Waals surface area (Å²) in [5.74, 6) is 0.0569. The SMILES string of the molecule is Cc1cc(C(=O)O)ccc1NCC1Cc2ccccc2O1. The van der Waals surface area contributed by atoms with E-state index >= 15 is 0 Å². The third-order valence-electron chi connectivity index (χ3n) is 3.71. The van der Waals surface area contributed by atoms with Gasteiger partial charge in [0.05, 0.1) is 12.1 Å². The van der Waals surface area contributed by atoms with Crippen LogP contribution in [-0.4, -0.2) is 23.7 Å². The molecule has 2 N–H and O–H groups in total. The molecule has 0 spiro atoms. The Bertz CT molecular complexity index is 656. The molecule has 1 atom stereocenters. The van der Waals surface area contributed by atoms with Crippen molar-refractivity contribution in [2.24, 2.45) is 0 Å². The van der Waals surface area contributed by atoms with E-state index in [0.717, 1.165) is 23.4 Å². The van der Waals surface area contributed by atoms with Crippen LogP contribution >= 0.6 is 0 Å². The number of carboxylic acid groups (broad SMARTS) is 1. The molecule has 0 amide bonds. The van der Waals surface area contributed by atoms with E-state index in [0.29, 0.717) is 12.1 Å². The van der Waals surface area contributed by atoms with Gasteiger partial charge in [-0.2, -0.15) is 0 Å². The average Bonchev–Trinajstić information content (AvgIpc) is 2.88. The summed E-state index contributed by atoms with van der Waals surface area (Å²) in [4.78, 5) is 10.9. The minimum Gasteiger partial charge on any atom is -0.488 e. The Labute approximate surface area is 123 Å². The number of carbonyl (C=O) groups is 1. The van der Waals surface area contributed by atoms with Gasteiger partial charge in [-0.25, -0.2) is 4.79 Å². The molecular weight excluding hydrogens is 266 g/mol. The molecule has 0 aliphatic carbocycles. The molecule has 108 valence electrons. The fraction of sp³-hybridized carbons (Fsp3) is 0.235. The molecule has 0 radical (unpaired) electrons. The molecule has 0 aromatic heterocycles. The Morgan fingerprint density at radius 1 is 1.33 bits per heavy atom. The van der Waals surface area contributed by atoms with E-state index in [-0.39, 0.29) is 6.10 Å². The molecule has 3 rings (SSSR count). The highest BCUT2D eigenvalue weighted by Gasteiger charge is 2.22. The molecule has 1 unspecified atom stereocenters. The minimum atomic E-state index is -0.903. The van der Waals surface area contributed by atoms with Crippen molar-refractivity contribution >= 4 is 11.7 Å². The number of fused-ring (bicyclic) bond motifs is 1. The van der Waals surface area contributed by atoms with Crippen molar-refractivity contribution in [2.45, 2.75) is 19.4 Å². The largest absolute Gasteiger partial charge is 0.488 e. The summed E-state index contributed by atoms with van der Waals surface area (Å²) in [6.45, 7) is 2.60. The first-order valence-corrected chi connectivity index (χ1v) is 6.96. The standard InChI is InChI=1S/C17H17NO3/c1-11-8-13(17(19)20)6-7-15(11)18-10-14-9-12-4-2-3-5-16(12)21-14/h2-8,14,18H,9-10H2,1H3,(H,19,20). The fourth-order valence-electron chi connectivity index (χ4n) is 2.59. The Hall–Kier alpha value is -2.49. The second-order valence-corrected chi connectivity index (χ2v) is 5.27. The third-order valence-corrected chi connectivity index (χ3v) is 3.71. The molecule has 0 saturated heterocycles. The summed E-state index contributed by atoms with van der Waals surface area (Å²) in [5, 5.41) is 12.3. The van der Waals surface area contributed by atoms with Crippen molar-refractivity contribution < 1.29 is 14.6 Å². The molecule has 1 aliphatic rings. The maximum absolute atomic E-state index is 10.9. The van der Waals surface area contributed by atoms with Crippen LogP contribution in [0, 0.1) is 6.92 Å². The van der Waals surface area contributed by atoms with Gasteiger partial charge in [-0.3, -0.25) is 0 Å². The molecule has 4 heteroatoms. The lowest BCUT2D eigenvalue weighted by Gasteiger charge is -2.14. The first-order valence-electron chi connectivity index (χ1n) is 6.96. The number of rotatable bonds is 4. The zero-order valence-electron chi connectivity index (χ0n) is 11.8. The van der Waals surface area contributed by atoms with Gasteiger partial charge in [0.2, 0.25) is 0 Å². The second kappa shape index (κ2) is 5.48. The van der Waals surface area contributed by atoms with Crippen LogP contribution in [0.4, 0.5) is 5.69 Å². The summed E-state index contributed by atoms with van der Waals surface area (Å²) in [6.07, 6.45) is 1.01. The number of hydrogen-bond donors (Lipinski definition) is 2. The highest BCUT2D eigenvalue weighted by molar-refractivity contribution is 5.88. The lowest BCUT2D eigenvalue weighted by Crippen LogP contribution is -2.24. The van der Waals surface area contributed by atoms with E-state index in [4.69, 9.17) is 9.84 Å². The number of hydrogen-bond acceptors (Lipinski definition) is 3. The lowest BCUT2D eigenvalue weighted by atomic mass is 10.1. The maximum atomic E-state index is 10.9. The molecule has 0 bridgehead atoms. The van der Waals surface area contributed by atoms with Crippen LogP contribution in [0.25, 0.3) is 0 Å². The molecule has 0 saturated carbocycles. The minimum absolute atomic E-state index is 0.112. The molecule has 1 heterocycles. The lowest BCUT2D eigenvalue weighted by molar-refractivity contribution is 0.0697. The van der Waals surface area contributed by atoms with Crippen LogP contribution in [-0.2, 0) is 6.42 Å². The Morgan fingerprint density at radius 2 is 2.14 bits per heavy atom. The van der Waals surface area contributed by atoms with E-state index in [1.807, 2.05) is 25.1 Å². The first-order chi connectivity index (χ1) is 10.1.